The molecule has 1 spiro atoms. The smallest absolute Gasteiger partial charge is 0.0621 e. The molecule has 2 aliphatic heterocycles. The van der Waals surface area contributed by atoms with Gasteiger partial charge in [0.15, 0.2) is 0 Å². The third-order valence-electron chi connectivity index (χ3n) is 5.70. The van der Waals surface area contributed by atoms with Crippen molar-refractivity contribution in [1.82, 2.24) is 19.6 Å². The zero-order valence-electron chi connectivity index (χ0n) is 14.3. The van der Waals surface area contributed by atoms with Crippen LogP contribution in [0.5, 0.6) is 0 Å². The summed E-state index contributed by atoms with van der Waals surface area (Å²) in [6.07, 6.45) is 9.31. The van der Waals surface area contributed by atoms with Crippen molar-refractivity contribution in [2.45, 2.75) is 50.7 Å². The molecule has 0 saturated carbocycles. The molecule has 2 fully saturated rings. The van der Waals surface area contributed by atoms with Crippen molar-refractivity contribution in [2.24, 2.45) is 7.05 Å². The molecule has 1 atom stereocenters. The lowest BCUT2D eigenvalue weighted by molar-refractivity contribution is 0.0205. The molecule has 0 radical (unpaired) electrons. The molecular weight excluding hydrogens is 276 g/mol. The van der Waals surface area contributed by atoms with Crippen LogP contribution in [0.4, 0.5) is 0 Å². The Morgan fingerprint density at radius 3 is 2.68 bits per heavy atom. The van der Waals surface area contributed by atoms with Crippen molar-refractivity contribution in [3.05, 3.63) is 18.0 Å². The number of hydrogen-bond donors (Lipinski definition) is 0. The predicted octanol–water partition coefficient (Wildman–Crippen LogP) is 1.89. The predicted molar refractivity (Wildman–Crippen MR) is 87.7 cm³/mol. The van der Waals surface area contributed by atoms with Crippen LogP contribution in [0.2, 0.25) is 0 Å². The van der Waals surface area contributed by atoms with E-state index < -0.39 is 0 Å². The average molecular weight is 306 g/mol. The van der Waals surface area contributed by atoms with Crippen LogP contribution in [0.1, 0.15) is 38.2 Å². The van der Waals surface area contributed by atoms with Gasteiger partial charge in [-0.15, -0.1) is 0 Å². The summed E-state index contributed by atoms with van der Waals surface area (Å²) >= 11 is 0. The third-order valence-corrected chi connectivity index (χ3v) is 5.70. The van der Waals surface area contributed by atoms with E-state index in [1.54, 1.807) is 0 Å². The normalized spacial score (nSPS) is 26.0. The van der Waals surface area contributed by atoms with E-state index in [9.17, 15) is 0 Å². The number of aryl methyl sites for hydroxylation is 1. The van der Waals surface area contributed by atoms with Crippen LogP contribution >= 0.6 is 0 Å². The van der Waals surface area contributed by atoms with Crippen molar-refractivity contribution in [1.29, 1.82) is 0 Å². The lowest BCUT2D eigenvalue weighted by Crippen LogP contribution is -2.52. The Hall–Kier alpha value is -0.910. The van der Waals surface area contributed by atoms with E-state index in [1.807, 2.05) is 17.9 Å². The van der Waals surface area contributed by atoms with Crippen LogP contribution in [0.3, 0.4) is 0 Å². The first-order valence-corrected chi connectivity index (χ1v) is 8.63. The molecule has 0 amide bonds. The standard InChI is InChI=1S/C17H30N4O/c1-4-22-14-16-5-6-17(20(16)3)7-9-21(10-8-17)13-15-11-18-19(2)12-15/h11-12,16H,4-10,13-14H2,1-3H3. The average Bonchev–Trinajstić information content (AvgIpc) is 3.05. The van der Waals surface area contributed by atoms with Gasteiger partial charge in [-0.25, -0.2) is 0 Å². The molecule has 5 heteroatoms. The van der Waals surface area contributed by atoms with E-state index in [0.717, 1.165) is 19.8 Å². The maximum absolute atomic E-state index is 5.66. The van der Waals surface area contributed by atoms with Crippen molar-refractivity contribution < 1.29 is 4.74 Å². The SMILES string of the molecule is CCOCC1CCC2(CCN(Cc3cnn(C)c3)CC2)N1C. The van der Waals surface area contributed by atoms with Gasteiger partial charge in [0.2, 0.25) is 0 Å². The van der Waals surface area contributed by atoms with Crippen molar-refractivity contribution in [3.63, 3.8) is 0 Å². The van der Waals surface area contributed by atoms with E-state index in [1.165, 1.54) is 44.3 Å². The number of rotatable bonds is 5. The van der Waals surface area contributed by atoms with Crippen molar-refractivity contribution in [3.8, 4) is 0 Å². The molecule has 1 unspecified atom stereocenters. The van der Waals surface area contributed by atoms with Crippen molar-refractivity contribution in [2.75, 3.05) is 33.4 Å². The zero-order chi connectivity index (χ0) is 15.6. The summed E-state index contributed by atoms with van der Waals surface area (Å²) in [5.74, 6) is 0. The lowest BCUT2D eigenvalue weighted by Gasteiger charge is -2.45. The van der Waals surface area contributed by atoms with Gasteiger partial charge in [0, 0.05) is 56.6 Å². The highest BCUT2D eigenvalue weighted by molar-refractivity contribution is 5.06. The van der Waals surface area contributed by atoms with Crippen LogP contribution in [0.25, 0.3) is 0 Å². The largest absolute Gasteiger partial charge is 0.380 e. The Balaban J connectivity index is 1.52. The number of aromatic nitrogens is 2. The molecule has 124 valence electrons. The molecule has 2 aliphatic rings. The van der Waals surface area contributed by atoms with Gasteiger partial charge >= 0.3 is 0 Å². The first kappa shape index (κ1) is 16.0. The van der Waals surface area contributed by atoms with Gasteiger partial charge in [0.25, 0.3) is 0 Å². The summed E-state index contributed by atoms with van der Waals surface area (Å²) in [6, 6.07) is 0.616. The van der Waals surface area contributed by atoms with Gasteiger partial charge in [0.05, 0.1) is 12.8 Å². The van der Waals surface area contributed by atoms with Crippen LogP contribution in [-0.2, 0) is 18.3 Å². The molecule has 1 aromatic heterocycles. The van der Waals surface area contributed by atoms with Gasteiger partial charge < -0.3 is 4.74 Å². The Morgan fingerprint density at radius 2 is 2.05 bits per heavy atom. The maximum Gasteiger partial charge on any atom is 0.0621 e. The van der Waals surface area contributed by atoms with Crippen LogP contribution < -0.4 is 0 Å². The molecule has 2 saturated heterocycles. The second kappa shape index (κ2) is 6.69. The number of piperidine rings is 1. The highest BCUT2D eigenvalue weighted by Gasteiger charge is 2.45. The number of hydrogen-bond acceptors (Lipinski definition) is 4. The van der Waals surface area contributed by atoms with Gasteiger partial charge in [-0.2, -0.15) is 5.10 Å². The van der Waals surface area contributed by atoms with Crippen molar-refractivity contribution >= 4 is 0 Å². The summed E-state index contributed by atoms with van der Waals surface area (Å²) in [6.45, 7) is 7.24. The summed E-state index contributed by atoms with van der Waals surface area (Å²) in [4.78, 5) is 5.20. The number of likely N-dealkylation sites (N-methyl/N-ethyl adjacent to an activating group) is 1. The summed E-state index contributed by atoms with van der Waals surface area (Å²) in [5.41, 5.74) is 1.75. The van der Waals surface area contributed by atoms with E-state index >= 15 is 0 Å². The Kier molecular flexibility index (Phi) is 4.85. The molecular formula is C17H30N4O. The van der Waals surface area contributed by atoms with Gasteiger partial charge in [0.1, 0.15) is 0 Å². The Bertz CT molecular complexity index is 479. The highest BCUT2D eigenvalue weighted by Crippen LogP contribution is 2.40. The summed E-state index contributed by atoms with van der Waals surface area (Å²) in [7, 11) is 4.30. The Labute approximate surface area is 134 Å². The molecule has 3 rings (SSSR count). The molecule has 0 bridgehead atoms. The minimum Gasteiger partial charge on any atom is -0.380 e. The first-order valence-electron chi connectivity index (χ1n) is 8.63. The van der Waals surface area contributed by atoms with Gasteiger partial charge in [-0.1, -0.05) is 0 Å². The quantitative estimate of drug-likeness (QED) is 0.832. The van der Waals surface area contributed by atoms with Crippen LogP contribution in [0.15, 0.2) is 12.4 Å². The van der Waals surface area contributed by atoms with Crippen LogP contribution in [0, 0.1) is 0 Å². The molecule has 22 heavy (non-hydrogen) atoms. The van der Waals surface area contributed by atoms with Gasteiger partial charge in [-0.3, -0.25) is 14.5 Å². The third kappa shape index (κ3) is 3.21. The maximum atomic E-state index is 5.66. The monoisotopic (exact) mass is 306 g/mol. The number of ether oxygens (including phenoxy) is 1. The Morgan fingerprint density at radius 1 is 1.27 bits per heavy atom. The molecule has 0 aromatic carbocycles. The van der Waals surface area contributed by atoms with Gasteiger partial charge in [-0.05, 0) is 39.7 Å². The minimum atomic E-state index is 0.424. The van der Waals surface area contributed by atoms with E-state index in [2.05, 4.69) is 35.1 Å². The second-order valence-corrected chi connectivity index (χ2v) is 6.99. The fourth-order valence-corrected chi connectivity index (χ4v) is 4.18. The fourth-order valence-electron chi connectivity index (χ4n) is 4.18. The topological polar surface area (TPSA) is 33.5 Å². The number of likely N-dealkylation sites (tertiary alicyclic amines) is 2. The summed E-state index contributed by atoms with van der Waals surface area (Å²) < 4.78 is 7.56. The fraction of sp³-hybridized carbons (Fsp3) is 0.824. The highest BCUT2D eigenvalue weighted by atomic mass is 16.5. The lowest BCUT2D eigenvalue weighted by atomic mass is 9.85. The molecule has 3 heterocycles. The molecule has 0 aliphatic carbocycles. The molecule has 0 N–H and O–H groups in total. The first-order chi connectivity index (χ1) is 10.6. The second-order valence-electron chi connectivity index (χ2n) is 6.99. The van der Waals surface area contributed by atoms with E-state index in [4.69, 9.17) is 4.74 Å². The van der Waals surface area contributed by atoms with E-state index in [-0.39, 0.29) is 0 Å². The molecule has 5 nitrogen and oxygen atoms in total. The molecule has 1 aromatic rings. The van der Waals surface area contributed by atoms with Crippen LogP contribution in [-0.4, -0.2) is 64.5 Å². The van der Waals surface area contributed by atoms with E-state index in [0.29, 0.717) is 11.6 Å². The number of nitrogens with zero attached hydrogens (tertiary/aromatic N) is 4. The summed E-state index contributed by atoms with van der Waals surface area (Å²) in [5, 5.41) is 4.27. The zero-order valence-corrected chi connectivity index (χ0v) is 14.3. The minimum absolute atomic E-state index is 0.424.